The minimum absolute atomic E-state index is 0.176. The fourth-order valence-corrected chi connectivity index (χ4v) is 3.59. The summed E-state index contributed by atoms with van der Waals surface area (Å²) in [4.78, 5) is 15.2. The molecule has 1 saturated carbocycles. The summed E-state index contributed by atoms with van der Waals surface area (Å²) < 4.78 is 5.13. The molecule has 0 aromatic heterocycles. The zero-order chi connectivity index (χ0) is 16.3. The molecule has 1 N–H and O–H groups in total. The standard InChI is InChI=1S/C18H25ClN2O2/c1-23-12-11-21-9-5-16(6-10-21)20-17(22)18(7-8-18)14-3-2-4-15(19)13-14/h2-4,13,16H,5-12H2,1H3,(H,20,22). The Kier molecular flexibility index (Phi) is 5.24. The zero-order valence-electron chi connectivity index (χ0n) is 13.7. The molecule has 0 bridgehead atoms. The van der Waals surface area contributed by atoms with Gasteiger partial charge >= 0.3 is 0 Å². The van der Waals surface area contributed by atoms with E-state index in [0.29, 0.717) is 5.02 Å². The van der Waals surface area contributed by atoms with Crippen molar-refractivity contribution in [2.45, 2.75) is 37.1 Å². The molecular formula is C18H25ClN2O2. The first kappa shape index (κ1) is 16.7. The van der Waals surface area contributed by atoms with E-state index >= 15 is 0 Å². The van der Waals surface area contributed by atoms with E-state index < -0.39 is 0 Å². The number of carbonyl (C=O) groups excluding carboxylic acids is 1. The first-order valence-corrected chi connectivity index (χ1v) is 8.80. The van der Waals surface area contributed by atoms with Crippen molar-refractivity contribution in [1.82, 2.24) is 10.2 Å². The molecule has 0 atom stereocenters. The molecule has 0 unspecified atom stereocenters. The van der Waals surface area contributed by atoms with Crippen LogP contribution in [0, 0.1) is 0 Å². The third kappa shape index (κ3) is 3.87. The van der Waals surface area contributed by atoms with Gasteiger partial charge in [0.05, 0.1) is 12.0 Å². The maximum atomic E-state index is 12.8. The molecule has 1 aliphatic heterocycles. The third-order valence-corrected chi connectivity index (χ3v) is 5.33. The number of hydrogen-bond donors (Lipinski definition) is 1. The fourth-order valence-electron chi connectivity index (χ4n) is 3.40. The minimum Gasteiger partial charge on any atom is -0.383 e. The lowest BCUT2D eigenvalue weighted by molar-refractivity contribution is -0.124. The second-order valence-corrected chi connectivity index (χ2v) is 7.11. The summed E-state index contributed by atoms with van der Waals surface area (Å²) in [6.07, 6.45) is 3.87. The second-order valence-electron chi connectivity index (χ2n) is 6.67. The van der Waals surface area contributed by atoms with E-state index in [1.54, 1.807) is 7.11 Å². The molecule has 0 spiro atoms. The van der Waals surface area contributed by atoms with Crippen LogP contribution in [0.2, 0.25) is 5.02 Å². The molecule has 1 aliphatic carbocycles. The van der Waals surface area contributed by atoms with Crippen LogP contribution < -0.4 is 5.32 Å². The number of ether oxygens (including phenoxy) is 1. The number of benzene rings is 1. The molecule has 4 nitrogen and oxygen atoms in total. The van der Waals surface area contributed by atoms with Crippen molar-refractivity contribution in [3.8, 4) is 0 Å². The number of hydrogen-bond acceptors (Lipinski definition) is 3. The second kappa shape index (κ2) is 7.20. The Morgan fingerprint density at radius 1 is 1.39 bits per heavy atom. The van der Waals surface area contributed by atoms with Crippen LogP contribution in [0.5, 0.6) is 0 Å². The molecule has 1 amide bonds. The van der Waals surface area contributed by atoms with Gasteiger partial charge in [-0.05, 0) is 43.4 Å². The molecule has 3 rings (SSSR count). The van der Waals surface area contributed by atoms with Crippen molar-refractivity contribution in [3.63, 3.8) is 0 Å². The number of nitrogens with zero attached hydrogens (tertiary/aromatic N) is 1. The van der Waals surface area contributed by atoms with Gasteiger partial charge in [-0.2, -0.15) is 0 Å². The van der Waals surface area contributed by atoms with Crippen LogP contribution in [-0.2, 0) is 14.9 Å². The van der Waals surface area contributed by atoms with Crippen LogP contribution in [0.15, 0.2) is 24.3 Å². The van der Waals surface area contributed by atoms with Gasteiger partial charge in [0.25, 0.3) is 0 Å². The summed E-state index contributed by atoms with van der Waals surface area (Å²) in [7, 11) is 1.73. The quantitative estimate of drug-likeness (QED) is 0.868. The molecule has 2 fully saturated rings. The molecule has 126 valence electrons. The van der Waals surface area contributed by atoms with Gasteiger partial charge in [-0.15, -0.1) is 0 Å². The Morgan fingerprint density at radius 2 is 2.13 bits per heavy atom. The Labute approximate surface area is 143 Å². The van der Waals surface area contributed by atoms with E-state index in [4.69, 9.17) is 16.3 Å². The highest BCUT2D eigenvalue weighted by molar-refractivity contribution is 6.30. The lowest BCUT2D eigenvalue weighted by Crippen LogP contribution is -2.48. The predicted molar refractivity (Wildman–Crippen MR) is 91.8 cm³/mol. The van der Waals surface area contributed by atoms with Crippen LogP contribution in [-0.4, -0.2) is 50.2 Å². The summed E-state index contributed by atoms with van der Waals surface area (Å²) in [6.45, 7) is 3.80. The van der Waals surface area contributed by atoms with Gasteiger partial charge in [-0.25, -0.2) is 0 Å². The molecule has 1 heterocycles. The lowest BCUT2D eigenvalue weighted by Gasteiger charge is -2.33. The zero-order valence-corrected chi connectivity index (χ0v) is 14.4. The number of methoxy groups -OCH3 is 1. The Bertz CT molecular complexity index is 552. The van der Waals surface area contributed by atoms with Gasteiger partial charge in [0.1, 0.15) is 0 Å². The summed E-state index contributed by atoms with van der Waals surface area (Å²) in [5, 5.41) is 3.98. The van der Waals surface area contributed by atoms with Crippen LogP contribution in [0.25, 0.3) is 0 Å². The van der Waals surface area contributed by atoms with Crippen molar-refractivity contribution in [1.29, 1.82) is 0 Å². The van der Waals surface area contributed by atoms with Gasteiger partial charge in [0, 0.05) is 37.8 Å². The topological polar surface area (TPSA) is 41.6 Å². The highest BCUT2D eigenvalue weighted by Gasteiger charge is 2.51. The van der Waals surface area contributed by atoms with Crippen molar-refractivity contribution < 1.29 is 9.53 Å². The van der Waals surface area contributed by atoms with Gasteiger partial charge in [-0.3, -0.25) is 4.79 Å². The molecular weight excluding hydrogens is 312 g/mol. The number of piperidine rings is 1. The van der Waals surface area contributed by atoms with Gasteiger partial charge < -0.3 is 15.0 Å². The minimum atomic E-state index is -0.335. The monoisotopic (exact) mass is 336 g/mol. The summed E-state index contributed by atoms with van der Waals surface area (Å²) in [5.41, 5.74) is 0.720. The molecule has 1 saturated heterocycles. The largest absolute Gasteiger partial charge is 0.383 e. The Balaban J connectivity index is 1.54. The van der Waals surface area contributed by atoms with E-state index in [2.05, 4.69) is 10.2 Å². The average Bonchev–Trinajstić information content (AvgIpc) is 3.36. The summed E-state index contributed by atoms with van der Waals surface area (Å²) in [6, 6.07) is 8.03. The van der Waals surface area contributed by atoms with Gasteiger partial charge in [0.15, 0.2) is 0 Å². The van der Waals surface area contributed by atoms with Crippen molar-refractivity contribution in [2.24, 2.45) is 0 Å². The van der Waals surface area contributed by atoms with Crippen LogP contribution >= 0.6 is 11.6 Å². The maximum absolute atomic E-state index is 12.8. The molecule has 5 heteroatoms. The van der Waals surface area contributed by atoms with E-state index in [0.717, 1.165) is 57.5 Å². The number of rotatable bonds is 6. The van der Waals surface area contributed by atoms with Crippen molar-refractivity contribution in [2.75, 3.05) is 33.4 Å². The van der Waals surface area contributed by atoms with Gasteiger partial charge in [0.2, 0.25) is 5.91 Å². The molecule has 0 radical (unpaired) electrons. The highest BCUT2D eigenvalue weighted by Crippen LogP contribution is 2.49. The molecule has 23 heavy (non-hydrogen) atoms. The number of likely N-dealkylation sites (tertiary alicyclic amines) is 1. The summed E-state index contributed by atoms with van der Waals surface area (Å²) in [5.74, 6) is 0.176. The summed E-state index contributed by atoms with van der Waals surface area (Å²) >= 11 is 6.09. The van der Waals surface area contributed by atoms with Crippen molar-refractivity contribution in [3.05, 3.63) is 34.9 Å². The van der Waals surface area contributed by atoms with Crippen LogP contribution in [0.1, 0.15) is 31.2 Å². The van der Waals surface area contributed by atoms with E-state index in [1.807, 2.05) is 24.3 Å². The Hall–Kier alpha value is -1.10. The molecule has 1 aromatic carbocycles. The van der Waals surface area contributed by atoms with E-state index in [1.165, 1.54) is 0 Å². The van der Waals surface area contributed by atoms with Gasteiger partial charge in [-0.1, -0.05) is 23.7 Å². The smallest absolute Gasteiger partial charge is 0.230 e. The van der Waals surface area contributed by atoms with Crippen LogP contribution in [0.4, 0.5) is 0 Å². The number of nitrogens with one attached hydrogen (secondary N) is 1. The number of halogens is 1. The third-order valence-electron chi connectivity index (χ3n) is 5.10. The van der Waals surface area contributed by atoms with E-state index in [9.17, 15) is 4.79 Å². The fraction of sp³-hybridized carbons (Fsp3) is 0.611. The molecule has 1 aromatic rings. The predicted octanol–water partition coefficient (Wildman–Crippen LogP) is 2.60. The normalized spacial score (nSPS) is 21.1. The SMILES string of the molecule is COCCN1CCC(NC(=O)C2(c3cccc(Cl)c3)CC2)CC1. The Morgan fingerprint density at radius 3 is 2.74 bits per heavy atom. The first-order valence-electron chi connectivity index (χ1n) is 8.42. The lowest BCUT2D eigenvalue weighted by atomic mass is 9.94. The molecule has 2 aliphatic rings. The average molecular weight is 337 g/mol. The maximum Gasteiger partial charge on any atom is 0.230 e. The number of carbonyl (C=O) groups is 1. The first-order chi connectivity index (χ1) is 11.1. The highest BCUT2D eigenvalue weighted by atomic mass is 35.5. The number of amides is 1. The van der Waals surface area contributed by atoms with Crippen LogP contribution in [0.3, 0.4) is 0 Å². The van der Waals surface area contributed by atoms with E-state index in [-0.39, 0.29) is 17.4 Å². The van der Waals surface area contributed by atoms with Crippen molar-refractivity contribution >= 4 is 17.5 Å².